The lowest BCUT2D eigenvalue weighted by Crippen LogP contribution is -2.16. The second kappa shape index (κ2) is 33.5. The van der Waals surface area contributed by atoms with Gasteiger partial charge in [0, 0.05) is 116 Å². The minimum absolute atomic E-state index is 0.182. The first kappa shape index (κ1) is 91.5. The molecule has 0 unspecified atom stereocenters. The Labute approximate surface area is 823 Å². The lowest BCUT2D eigenvalue weighted by Gasteiger charge is -2.26. The molecule has 21 rings (SSSR count). The minimum Gasteiger partial charge on any atom is -0.355 e. The Hall–Kier alpha value is -14.9. The second-order valence-electron chi connectivity index (χ2n) is 47.2. The van der Waals surface area contributed by atoms with Gasteiger partial charge in [0.05, 0.1) is 68.3 Å². The molecule has 140 heavy (non-hydrogen) atoms. The van der Waals surface area contributed by atoms with Crippen LogP contribution in [0, 0.1) is 0 Å². The van der Waals surface area contributed by atoms with Crippen LogP contribution in [0.3, 0.4) is 0 Å². The fourth-order valence-corrected chi connectivity index (χ4v) is 20.0. The number of hydrogen-bond donors (Lipinski definition) is 6. The van der Waals surface area contributed by atoms with Gasteiger partial charge in [-0.2, -0.15) is 0 Å². The Morgan fingerprint density at radius 3 is 0.557 bits per heavy atom. The molecule has 698 valence electrons. The molecule has 6 aliphatic rings. The number of aromatic amines is 6. The maximum Gasteiger partial charge on any atom is 0.0738 e. The molecule has 0 atom stereocenters. The predicted octanol–water partition coefficient (Wildman–Crippen LogP) is 34.3. The molecule has 15 heterocycles. The topological polar surface area (TPSA) is 172 Å². The summed E-state index contributed by atoms with van der Waals surface area (Å²) in [5.41, 5.74) is 44.7. The van der Waals surface area contributed by atoms with Crippen LogP contribution in [-0.2, 0) is 43.3 Å². The quantitative estimate of drug-likeness (QED) is 0.0884. The molecule has 12 nitrogen and oxygen atoms in total. The highest BCUT2D eigenvalue weighted by Crippen LogP contribution is 2.49. The molecule has 0 amide bonds. The molecule has 0 saturated carbocycles. The van der Waals surface area contributed by atoms with Gasteiger partial charge in [0.25, 0.3) is 0 Å². The van der Waals surface area contributed by atoms with Gasteiger partial charge in [0.1, 0.15) is 0 Å². The summed E-state index contributed by atoms with van der Waals surface area (Å²) >= 11 is 0. The monoisotopic (exact) mass is 1830 g/mol. The van der Waals surface area contributed by atoms with Crippen molar-refractivity contribution in [1.29, 1.82) is 0 Å². The van der Waals surface area contributed by atoms with Crippen molar-refractivity contribution < 1.29 is 0 Å². The summed E-state index contributed by atoms with van der Waals surface area (Å²) in [7, 11) is 0. The first-order chi connectivity index (χ1) is 66.3. The Morgan fingerprint density at radius 1 is 0.150 bits per heavy atom. The van der Waals surface area contributed by atoms with Crippen LogP contribution < -0.4 is 0 Å². The highest BCUT2D eigenvalue weighted by molar-refractivity contribution is 6.07. The fourth-order valence-electron chi connectivity index (χ4n) is 20.0. The van der Waals surface area contributed by atoms with Crippen LogP contribution in [0.1, 0.15) is 279 Å². The van der Waals surface area contributed by atoms with Crippen LogP contribution >= 0.6 is 0 Å². The van der Waals surface area contributed by atoms with Crippen molar-refractivity contribution in [3.63, 3.8) is 0 Å². The summed E-state index contributed by atoms with van der Waals surface area (Å²) in [6.45, 7) is 55.6. The summed E-state index contributed by atoms with van der Waals surface area (Å²) in [5, 5.41) is 0. The van der Waals surface area contributed by atoms with Gasteiger partial charge in [-0.3, -0.25) is 0 Å². The normalized spacial score (nSPS) is 13.5. The van der Waals surface area contributed by atoms with E-state index in [4.69, 9.17) is 29.9 Å². The van der Waals surface area contributed by atoms with E-state index < -0.39 is 0 Å². The number of rotatable bonds is 8. The Morgan fingerprint density at radius 2 is 0.329 bits per heavy atom. The minimum atomic E-state index is -0.234. The summed E-state index contributed by atoms with van der Waals surface area (Å²) in [5.74, 6) is 0. The zero-order chi connectivity index (χ0) is 98.1. The third kappa shape index (κ3) is 17.6. The fraction of sp³-hybridized carbons (Fsp3) is 0.250. The maximum absolute atomic E-state index is 6.24. The third-order valence-electron chi connectivity index (χ3n) is 28.3. The van der Waals surface area contributed by atoms with Gasteiger partial charge in [-0.15, -0.1) is 0 Å². The van der Waals surface area contributed by atoms with Gasteiger partial charge in [-0.25, -0.2) is 29.9 Å². The van der Waals surface area contributed by atoms with Crippen LogP contribution in [0.25, 0.3) is 228 Å². The smallest absolute Gasteiger partial charge is 0.0738 e. The van der Waals surface area contributed by atoms with E-state index in [0.717, 1.165) is 224 Å². The first-order valence-corrected chi connectivity index (χ1v) is 49.5. The number of fused-ring (bicyclic) bond motifs is 24. The van der Waals surface area contributed by atoms with Gasteiger partial charge in [0.15, 0.2) is 0 Å². The third-order valence-corrected chi connectivity index (χ3v) is 28.3. The molecular weight excluding hydrogens is 1710 g/mol. The molecule has 9 aromatic heterocycles. The molecule has 0 spiro atoms. The van der Waals surface area contributed by atoms with Crippen LogP contribution in [-0.4, -0.2) is 59.8 Å². The second-order valence-corrected chi connectivity index (χ2v) is 47.2. The first-order valence-electron chi connectivity index (χ1n) is 49.5. The zero-order valence-corrected chi connectivity index (χ0v) is 85.4. The molecule has 15 aromatic rings. The van der Waals surface area contributed by atoms with E-state index in [-0.39, 0.29) is 43.3 Å². The van der Waals surface area contributed by atoms with Crippen molar-refractivity contribution in [2.75, 3.05) is 0 Å². The predicted molar refractivity (Wildman–Crippen MR) is 597 cm³/mol. The van der Waals surface area contributed by atoms with Crippen molar-refractivity contribution in [1.82, 2.24) is 59.8 Å². The van der Waals surface area contributed by atoms with E-state index in [9.17, 15) is 0 Å². The molecule has 6 N–H and O–H groups in total. The number of aromatic nitrogens is 12. The molecule has 0 aliphatic carbocycles. The van der Waals surface area contributed by atoms with E-state index in [1.54, 1.807) is 0 Å². The summed E-state index contributed by atoms with van der Waals surface area (Å²) in [4.78, 5) is 59.1. The average molecular weight is 1830 g/mol. The number of nitrogens with one attached hydrogen (secondary N) is 6. The number of H-pyrrole nitrogens is 6. The van der Waals surface area contributed by atoms with Crippen LogP contribution in [0.4, 0.5) is 0 Å². The summed E-state index contributed by atoms with van der Waals surface area (Å²) in [6.07, 6.45) is 26.2. The largest absolute Gasteiger partial charge is 0.355 e. The van der Waals surface area contributed by atoms with Crippen molar-refractivity contribution in [3.05, 3.63) is 331 Å². The van der Waals surface area contributed by atoms with Crippen LogP contribution in [0.15, 0.2) is 218 Å². The van der Waals surface area contributed by atoms with Gasteiger partial charge in [-0.1, -0.05) is 294 Å². The Kier molecular flexibility index (Phi) is 21.9. The number of nitrogens with zero attached hydrogens (tertiary/aromatic N) is 6. The highest BCUT2D eigenvalue weighted by atomic mass is 14.8. The van der Waals surface area contributed by atoms with Crippen molar-refractivity contribution in [2.45, 2.75) is 209 Å². The average Bonchev–Trinajstić information content (AvgIpc) is 1.59. The standard InChI is InChI=1S/C128H126N12/c1-121(2,3)80-58-76(59-81(66-80)122(4,5)6)115-98-44-38-92(133-98)72-93-39-45-99(134-93)116(77-60-82(123(7,8)9)67-83(61-77)124(10,11)12)103-51-55-109(138-103)119(108-54-50-102(115)137-108)120-110-56-52-106(139-110)117(78-62-84(125(13,14)15)68-85(63-78)126(16,17)18)104-48-46-100(135-104)114(101-47-49-105(136-101)118(107-53-57-111(120)140-107)79-64-86(127(19,20)21)69-87(65-79)128(22,23)24)75-32-30-74(31-33-75)113-96-42-36-90(131-96)70-88-34-40-94(129-88)112(73-28-26-25-27-29-73)95-41-35-89(130-95)71-91-37-43-97(113)132-91/h25-72,129,132-133,135,138,140H,1-24H3. The van der Waals surface area contributed by atoms with Crippen LogP contribution in [0.5, 0.6) is 0 Å². The van der Waals surface area contributed by atoms with Gasteiger partial charge in [0.2, 0.25) is 0 Å². The van der Waals surface area contributed by atoms with Crippen molar-refractivity contribution >= 4 is 139 Å². The Bertz CT molecular complexity index is 8170. The van der Waals surface area contributed by atoms with Gasteiger partial charge >= 0.3 is 0 Å². The van der Waals surface area contributed by atoms with E-state index in [0.29, 0.717) is 0 Å². The zero-order valence-electron chi connectivity index (χ0n) is 85.4. The molecular formula is C128H126N12. The highest BCUT2D eigenvalue weighted by Gasteiger charge is 2.32. The van der Waals surface area contributed by atoms with Gasteiger partial charge in [-0.05, 0) is 291 Å². The molecule has 0 saturated heterocycles. The van der Waals surface area contributed by atoms with Crippen molar-refractivity contribution in [3.8, 4) is 89.0 Å². The summed E-state index contributed by atoms with van der Waals surface area (Å²) < 4.78 is 0. The van der Waals surface area contributed by atoms with E-state index in [2.05, 4.69) is 487 Å². The molecule has 6 aromatic carbocycles. The van der Waals surface area contributed by atoms with E-state index in [1.807, 2.05) is 0 Å². The van der Waals surface area contributed by atoms with Crippen molar-refractivity contribution in [2.24, 2.45) is 0 Å². The van der Waals surface area contributed by atoms with E-state index >= 15 is 0 Å². The number of benzene rings is 6. The van der Waals surface area contributed by atoms with Gasteiger partial charge < -0.3 is 29.9 Å². The molecule has 0 fully saturated rings. The summed E-state index contributed by atoms with van der Waals surface area (Å²) in [6, 6.07) is 81.3. The Balaban J connectivity index is 0.883. The van der Waals surface area contributed by atoms with E-state index in [1.165, 1.54) is 44.5 Å². The molecule has 6 aliphatic heterocycles. The molecule has 12 heteroatoms. The number of hydrogen-bond acceptors (Lipinski definition) is 6. The molecule has 0 radical (unpaired) electrons. The maximum atomic E-state index is 6.24. The lowest BCUT2D eigenvalue weighted by atomic mass is 9.78. The van der Waals surface area contributed by atoms with Crippen LogP contribution in [0.2, 0.25) is 0 Å². The molecule has 24 bridgehead atoms. The lowest BCUT2D eigenvalue weighted by molar-refractivity contribution is 0.568. The SMILES string of the molecule is CC(C)(C)c1cc(-c2c3nc(c(-c4c5nc(c(-c6cc(C(C)(C)C)cc(C(C)(C)C)c6)c6ccc([nH]6)c(-c6ccc(-c7c8nc(cc9ccc([nH]9)c(-c9ccccc9)c9nc(cc%10ccc7[nH]%10)C=C9)C=C8)cc6)c6nc(c(-c7cc(C(C)(C)C)cc(C(C)(C)C)c7)c7ccc4[nH]7)C=C6)C=C5)c4ccc([nH]4)c(-c4cc(C(C)(C)C)cc(C(C)(C)C)c4)c4nc(cc5ccc2[nH]5)C=C4)C=C3)cc(C(C)(C)C)c1.